The van der Waals surface area contributed by atoms with Crippen LogP contribution in [0.1, 0.15) is 66.2 Å². The molecule has 45 heavy (non-hydrogen) atoms. The molecule has 2 aliphatic rings. The number of carbonyl (C=O) groups excluding carboxylic acids is 4. The van der Waals surface area contributed by atoms with Gasteiger partial charge in [-0.3, -0.25) is 14.4 Å². The molecule has 7 N–H and O–H groups in total. The smallest absolute Gasteiger partial charge is 0.405 e. The van der Waals surface area contributed by atoms with Crippen molar-refractivity contribution in [3.63, 3.8) is 0 Å². The van der Waals surface area contributed by atoms with Crippen molar-refractivity contribution in [3.8, 4) is 0 Å². The predicted octanol–water partition coefficient (Wildman–Crippen LogP) is 2.77. The van der Waals surface area contributed by atoms with Crippen molar-refractivity contribution in [3.05, 3.63) is 58.4 Å². The number of carbonyl (C=O) groups is 4. The van der Waals surface area contributed by atoms with Crippen molar-refractivity contribution in [1.82, 2.24) is 10.6 Å². The first kappa shape index (κ1) is 37.8. The van der Waals surface area contributed by atoms with Crippen LogP contribution < -0.4 is 16.4 Å². The highest BCUT2D eigenvalue weighted by Gasteiger charge is 2.33. The van der Waals surface area contributed by atoms with Gasteiger partial charge in [0.25, 0.3) is 5.91 Å². The fraction of sp³-hybridized carbons (Fsp3) is 0.588. The average Bonchev–Trinajstić information content (AvgIpc) is 2.99. The summed E-state index contributed by atoms with van der Waals surface area (Å²) in [6, 6.07) is 0. The van der Waals surface area contributed by atoms with Crippen LogP contribution in [0.15, 0.2) is 58.4 Å². The van der Waals surface area contributed by atoms with Crippen molar-refractivity contribution in [2.45, 2.75) is 78.4 Å². The predicted molar refractivity (Wildman–Crippen MR) is 171 cm³/mol. The van der Waals surface area contributed by atoms with Crippen LogP contribution >= 0.6 is 0 Å². The Morgan fingerprint density at radius 3 is 2.44 bits per heavy atom. The Hall–Kier alpha value is -3.38. The Kier molecular flexibility index (Phi) is 15.6. The zero-order chi connectivity index (χ0) is 33.7. The van der Waals surface area contributed by atoms with Crippen molar-refractivity contribution < 1.29 is 39.2 Å². The molecule has 2 amide bonds. The van der Waals surface area contributed by atoms with Gasteiger partial charge in [-0.1, -0.05) is 44.6 Å². The Morgan fingerprint density at radius 1 is 1.11 bits per heavy atom. The van der Waals surface area contributed by atoms with Gasteiger partial charge in [0.15, 0.2) is 5.78 Å². The van der Waals surface area contributed by atoms with E-state index in [-0.39, 0.29) is 36.0 Å². The fourth-order valence-electron chi connectivity index (χ4n) is 5.94. The van der Waals surface area contributed by atoms with Crippen molar-refractivity contribution in [1.29, 1.82) is 0 Å². The zero-order valence-corrected chi connectivity index (χ0v) is 27.2. The number of rotatable bonds is 9. The number of ketones is 2. The van der Waals surface area contributed by atoms with Gasteiger partial charge in [0, 0.05) is 47.2 Å². The first-order chi connectivity index (χ1) is 21.3. The molecule has 0 aromatic rings. The van der Waals surface area contributed by atoms with Crippen LogP contribution in [-0.2, 0) is 19.1 Å². The number of amides is 2. The lowest BCUT2D eigenvalue weighted by molar-refractivity contribution is -0.120. The van der Waals surface area contributed by atoms with Crippen LogP contribution in [0.3, 0.4) is 0 Å². The van der Waals surface area contributed by atoms with Crippen molar-refractivity contribution in [2.75, 3.05) is 26.8 Å². The molecule has 2 rings (SSSR count). The molecule has 0 saturated carbocycles. The minimum atomic E-state index is -1.04. The zero-order valence-electron chi connectivity index (χ0n) is 27.2. The first-order valence-electron chi connectivity index (χ1n) is 15.7. The van der Waals surface area contributed by atoms with Crippen LogP contribution in [-0.4, -0.2) is 77.9 Å². The number of allylic oxidation sites excluding steroid dienone is 5. The number of nitrogens with one attached hydrogen (secondary N) is 2. The summed E-state index contributed by atoms with van der Waals surface area (Å²) in [5.74, 6) is -3.28. The lowest BCUT2D eigenvalue weighted by Gasteiger charge is -2.30. The fourth-order valence-corrected chi connectivity index (χ4v) is 5.94. The number of hydrogen-bond donors (Lipinski definition) is 6. The number of aliphatic hydroxyl groups is 3. The second-order valence-electron chi connectivity index (χ2n) is 12.3. The molecule has 0 saturated heterocycles. The van der Waals surface area contributed by atoms with Crippen molar-refractivity contribution in [2.24, 2.45) is 29.4 Å². The van der Waals surface area contributed by atoms with Gasteiger partial charge in [-0.2, -0.15) is 0 Å². The summed E-state index contributed by atoms with van der Waals surface area (Å²) in [6.07, 6.45) is 8.07. The SMILES string of the molecule is CNCCCCCC1=C2C[C@@H](C)C[C@H](CO)[C@H](O)[C@@H](C)/C=C(\C)[C@H](OC(N)=O)[C@@H](CO)/C=C\C=C(/C)C(=O)NC(=CC1=O)C2=O. The molecule has 0 aromatic carbocycles. The van der Waals surface area contributed by atoms with E-state index in [0.717, 1.165) is 25.8 Å². The lowest BCUT2D eigenvalue weighted by atomic mass is 9.79. The second kappa shape index (κ2) is 18.6. The van der Waals surface area contributed by atoms with Crippen LogP contribution in [0.2, 0.25) is 0 Å². The molecule has 6 atom stereocenters. The number of nitrogens with two attached hydrogens (primary N) is 1. The summed E-state index contributed by atoms with van der Waals surface area (Å²) in [4.78, 5) is 51.8. The van der Waals surface area contributed by atoms with E-state index in [1.165, 1.54) is 18.2 Å². The number of hydrogen-bond acceptors (Lipinski definition) is 9. The minimum absolute atomic E-state index is 0.101. The Bertz CT molecular complexity index is 1230. The van der Waals surface area contributed by atoms with Gasteiger partial charge in [0.1, 0.15) is 6.10 Å². The van der Waals surface area contributed by atoms with E-state index < -0.39 is 54.4 Å². The lowest BCUT2D eigenvalue weighted by Crippen LogP contribution is -2.34. The molecule has 1 aliphatic heterocycles. The highest BCUT2D eigenvalue weighted by Crippen LogP contribution is 2.32. The number of ether oxygens (including phenoxy) is 1. The highest BCUT2D eigenvalue weighted by molar-refractivity contribution is 6.23. The molecular weight excluding hydrogens is 578 g/mol. The van der Waals surface area contributed by atoms with Gasteiger partial charge in [0.05, 0.1) is 18.4 Å². The Morgan fingerprint density at radius 2 is 1.82 bits per heavy atom. The molecule has 1 heterocycles. The van der Waals surface area contributed by atoms with E-state index in [2.05, 4.69) is 10.6 Å². The van der Waals surface area contributed by atoms with Gasteiger partial charge in [-0.25, -0.2) is 4.79 Å². The molecule has 0 fully saturated rings. The first-order valence-corrected chi connectivity index (χ1v) is 15.7. The van der Waals surface area contributed by atoms with Gasteiger partial charge >= 0.3 is 6.09 Å². The maximum Gasteiger partial charge on any atom is 0.405 e. The van der Waals surface area contributed by atoms with E-state index in [1.54, 1.807) is 32.9 Å². The standard InChI is InChI=1S/C34H51N3O8/c1-20-14-25(19-39)30(41)22(3)16-23(4)32(45-34(35)44)24(18-38)11-9-10-21(2)33(43)37-28-17-29(40)26(27(15-20)31(28)42)12-7-6-8-13-36-5/h9-11,16-17,20,22,24-25,30,32,36,38-39,41H,6-8,12-15,18-19H2,1-5H3,(H2,35,44)(H,37,43)/b11-9-,21-10+,23-16+/t20-,22-,24+,25+,30+,32-/m0/s1. The Labute approximate surface area is 266 Å². The van der Waals surface area contributed by atoms with Gasteiger partial charge < -0.3 is 36.4 Å². The summed E-state index contributed by atoms with van der Waals surface area (Å²) in [5, 5.41) is 37.3. The number of aliphatic hydroxyl groups excluding tert-OH is 3. The highest BCUT2D eigenvalue weighted by atomic mass is 16.6. The van der Waals surface area contributed by atoms with E-state index in [4.69, 9.17) is 10.5 Å². The quantitative estimate of drug-likeness (QED) is 0.127. The normalized spacial score (nSPS) is 30.5. The Balaban J connectivity index is 2.57. The molecule has 0 radical (unpaired) electrons. The van der Waals surface area contributed by atoms with Gasteiger partial charge in [-0.15, -0.1) is 0 Å². The largest absolute Gasteiger partial charge is 0.441 e. The molecule has 1 aliphatic carbocycles. The molecule has 0 aromatic heterocycles. The summed E-state index contributed by atoms with van der Waals surface area (Å²) < 4.78 is 5.34. The molecule has 2 bridgehead atoms. The number of Topliss-reactive ketones (excluding diaryl/α,β-unsaturated/α-hetero) is 1. The number of unbranched alkanes of at least 4 members (excludes halogenated alkanes) is 2. The molecule has 250 valence electrons. The molecule has 0 unspecified atom stereocenters. The average molecular weight is 630 g/mol. The molecule has 11 nitrogen and oxygen atoms in total. The molecule has 11 heteroatoms. The third-order valence-electron chi connectivity index (χ3n) is 8.45. The van der Waals surface area contributed by atoms with Gasteiger partial charge in [0.2, 0.25) is 5.78 Å². The number of fused-ring (bicyclic) bond motifs is 2. The van der Waals surface area contributed by atoms with E-state index in [1.807, 2.05) is 14.0 Å². The minimum Gasteiger partial charge on any atom is -0.441 e. The summed E-state index contributed by atoms with van der Waals surface area (Å²) in [5.41, 5.74) is 6.80. The van der Waals surface area contributed by atoms with E-state index >= 15 is 0 Å². The topological polar surface area (TPSA) is 188 Å². The van der Waals surface area contributed by atoms with Crippen LogP contribution in [0, 0.1) is 23.7 Å². The van der Waals surface area contributed by atoms with Crippen LogP contribution in [0.5, 0.6) is 0 Å². The molecular formula is C34H51N3O8. The van der Waals surface area contributed by atoms with Crippen LogP contribution in [0.25, 0.3) is 0 Å². The summed E-state index contributed by atoms with van der Waals surface area (Å²) in [6.45, 7) is 7.03. The third kappa shape index (κ3) is 11.2. The second-order valence-corrected chi connectivity index (χ2v) is 12.3. The summed E-state index contributed by atoms with van der Waals surface area (Å²) in [7, 11) is 1.88. The monoisotopic (exact) mass is 629 g/mol. The van der Waals surface area contributed by atoms with Gasteiger partial charge in [-0.05, 0) is 71.0 Å². The number of primary amides is 1. The van der Waals surface area contributed by atoms with Crippen LogP contribution in [0.4, 0.5) is 4.79 Å². The van der Waals surface area contributed by atoms with E-state index in [9.17, 15) is 34.5 Å². The maximum atomic E-state index is 13.7. The summed E-state index contributed by atoms with van der Waals surface area (Å²) >= 11 is 0. The van der Waals surface area contributed by atoms with Crippen molar-refractivity contribution >= 4 is 23.6 Å². The van der Waals surface area contributed by atoms with E-state index in [0.29, 0.717) is 29.6 Å². The third-order valence-corrected chi connectivity index (χ3v) is 8.45. The maximum absolute atomic E-state index is 13.7. The molecule has 0 spiro atoms.